The molecule has 0 saturated carbocycles. The highest BCUT2D eigenvalue weighted by atomic mass is 16.5. The minimum absolute atomic E-state index is 0.00691. The molecule has 1 amide bonds. The van der Waals surface area contributed by atoms with Crippen LogP contribution >= 0.6 is 0 Å². The Hall–Kier alpha value is -2.89. The monoisotopic (exact) mass is 422 g/mol. The average Bonchev–Trinajstić information content (AvgIpc) is 3.21. The highest BCUT2D eigenvalue weighted by Gasteiger charge is 2.28. The Morgan fingerprint density at radius 3 is 2.52 bits per heavy atom. The maximum Gasteiger partial charge on any atom is 0.272 e. The van der Waals surface area contributed by atoms with Gasteiger partial charge in [0, 0.05) is 38.9 Å². The summed E-state index contributed by atoms with van der Waals surface area (Å²) in [6.07, 6.45) is 5.44. The molecule has 0 fully saturated rings. The van der Waals surface area contributed by atoms with Crippen LogP contribution in [0.1, 0.15) is 51.2 Å². The van der Waals surface area contributed by atoms with Crippen LogP contribution in [0, 0.1) is 0 Å². The molecule has 6 nitrogen and oxygen atoms in total. The smallest absolute Gasteiger partial charge is 0.272 e. The topological polar surface area (TPSA) is 59.7 Å². The first-order chi connectivity index (χ1) is 14.9. The number of nitrogens with zero attached hydrogens (tertiary/aromatic N) is 4. The van der Waals surface area contributed by atoms with E-state index in [0.29, 0.717) is 5.71 Å². The van der Waals surface area contributed by atoms with Crippen molar-refractivity contribution in [2.24, 2.45) is 12.0 Å². The second-order valence-electron chi connectivity index (χ2n) is 8.15. The van der Waals surface area contributed by atoms with E-state index in [0.717, 1.165) is 59.4 Å². The number of allylic oxidation sites excluding steroid dienone is 1. The van der Waals surface area contributed by atoms with Gasteiger partial charge in [-0.3, -0.25) is 14.5 Å². The zero-order valence-electron chi connectivity index (χ0n) is 19.8. The summed E-state index contributed by atoms with van der Waals surface area (Å²) in [7, 11) is 7.21. The summed E-state index contributed by atoms with van der Waals surface area (Å²) in [4.78, 5) is 19.6. The number of aliphatic imine (C=N–C) groups is 1. The number of amides is 1. The summed E-state index contributed by atoms with van der Waals surface area (Å²) in [6, 6.07) is 6.47. The van der Waals surface area contributed by atoms with Crippen LogP contribution in [0.5, 0.6) is 5.75 Å². The van der Waals surface area contributed by atoms with Crippen molar-refractivity contribution in [2.75, 3.05) is 21.2 Å². The van der Waals surface area contributed by atoms with Gasteiger partial charge in [-0.15, -0.1) is 0 Å². The standard InChI is InChI=1S/C25H34N4O2/c1-8-18(9-2)29(6)25(30)24(26-4)19-11-10-17-14-23(31-7)21(15-20(17)16(19)3)22-12-13-28(5)27-22/h12-15,18H,8-11H2,1-7H3. The largest absolute Gasteiger partial charge is 0.496 e. The Labute approximate surface area is 185 Å². The van der Waals surface area contributed by atoms with Crippen LogP contribution in [0.3, 0.4) is 0 Å². The van der Waals surface area contributed by atoms with Crippen LogP contribution in [0.15, 0.2) is 35.0 Å². The molecule has 0 aliphatic heterocycles. The molecule has 2 aromatic rings. The lowest BCUT2D eigenvalue weighted by molar-refractivity contribution is -0.124. The van der Waals surface area contributed by atoms with E-state index < -0.39 is 0 Å². The summed E-state index contributed by atoms with van der Waals surface area (Å²) >= 11 is 0. The molecule has 0 spiro atoms. The second-order valence-corrected chi connectivity index (χ2v) is 8.15. The van der Waals surface area contributed by atoms with Gasteiger partial charge in [-0.25, -0.2) is 0 Å². The Kier molecular flexibility index (Phi) is 6.98. The van der Waals surface area contributed by atoms with Crippen molar-refractivity contribution in [1.29, 1.82) is 0 Å². The molecule has 0 radical (unpaired) electrons. The first kappa shape index (κ1) is 22.8. The van der Waals surface area contributed by atoms with Gasteiger partial charge in [-0.1, -0.05) is 13.8 Å². The van der Waals surface area contributed by atoms with Crippen molar-refractivity contribution in [3.05, 3.63) is 41.1 Å². The SMILES string of the molecule is CCC(CC)N(C)C(=O)C(=NC)C1=C(C)c2cc(-c3ccn(C)n3)c(OC)cc2CC1. The zero-order chi connectivity index (χ0) is 22.7. The number of benzene rings is 1. The number of ether oxygens (including phenoxy) is 1. The summed E-state index contributed by atoms with van der Waals surface area (Å²) in [6.45, 7) is 6.33. The summed E-state index contributed by atoms with van der Waals surface area (Å²) < 4.78 is 7.46. The van der Waals surface area contributed by atoms with Gasteiger partial charge in [0.05, 0.1) is 12.8 Å². The minimum Gasteiger partial charge on any atom is -0.496 e. The number of hydrogen-bond donors (Lipinski definition) is 0. The molecule has 1 aliphatic rings. The fraction of sp³-hybridized carbons (Fsp3) is 0.480. The van der Waals surface area contributed by atoms with Crippen molar-refractivity contribution < 1.29 is 9.53 Å². The Morgan fingerprint density at radius 1 is 1.26 bits per heavy atom. The fourth-order valence-corrected chi connectivity index (χ4v) is 4.54. The van der Waals surface area contributed by atoms with Crippen molar-refractivity contribution >= 4 is 17.2 Å². The zero-order valence-corrected chi connectivity index (χ0v) is 19.8. The molecule has 0 bridgehead atoms. The molecule has 1 heterocycles. The molecule has 0 atom stereocenters. The molecule has 0 unspecified atom stereocenters. The van der Waals surface area contributed by atoms with Crippen LogP contribution in [-0.2, 0) is 18.3 Å². The minimum atomic E-state index is 0.00691. The molecule has 6 heteroatoms. The number of carbonyl (C=O) groups is 1. The predicted octanol–water partition coefficient (Wildman–Crippen LogP) is 4.53. The number of aromatic nitrogens is 2. The average molecular weight is 423 g/mol. The maximum absolute atomic E-state index is 13.3. The third-order valence-corrected chi connectivity index (χ3v) is 6.44. The van der Waals surface area contributed by atoms with Crippen LogP contribution < -0.4 is 4.74 Å². The lowest BCUT2D eigenvalue weighted by Crippen LogP contribution is -2.41. The lowest BCUT2D eigenvalue weighted by Gasteiger charge is -2.29. The van der Waals surface area contributed by atoms with Gasteiger partial charge in [0.2, 0.25) is 0 Å². The third-order valence-electron chi connectivity index (χ3n) is 6.44. The second kappa shape index (κ2) is 9.50. The molecular weight excluding hydrogens is 388 g/mol. The molecular formula is C25H34N4O2. The van der Waals surface area contributed by atoms with Gasteiger partial charge in [-0.2, -0.15) is 5.10 Å². The molecule has 1 aromatic carbocycles. The van der Waals surface area contributed by atoms with Crippen molar-refractivity contribution in [2.45, 2.75) is 52.5 Å². The van der Waals surface area contributed by atoms with Crippen molar-refractivity contribution in [1.82, 2.24) is 14.7 Å². The van der Waals surface area contributed by atoms with E-state index in [2.05, 4.69) is 43.0 Å². The highest BCUT2D eigenvalue weighted by Crippen LogP contribution is 2.39. The van der Waals surface area contributed by atoms with Crippen molar-refractivity contribution in [3.8, 4) is 17.0 Å². The molecule has 0 saturated heterocycles. The van der Waals surface area contributed by atoms with E-state index in [9.17, 15) is 4.79 Å². The number of methoxy groups -OCH3 is 1. The highest BCUT2D eigenvalue weighted by molar-refractivity contribution is 6.46. The van der Waals surface area contributed by atoms with E-state index in [1.165, 1.54) is 5.56 Å². The lowest BCUT2D eigenvalue weighted by atomic mass is 9.82. The van der Waals surface area contributed by atoms with Crippen LogP contribution in [0.2, 0.25) is 0 Å². The quantitative estimate of drug-likeness (QED) is 0.616. The van der Waals surface area contributed by atoms with Crippen LogP contribution in [-0.4, -0.2) is 53.5 Å². The number of aryl methyl sites for hydroxylation is 2. The van der Waals surface area contributed by atoms with Gasteiger partial charge in [0.15, 0.2) is 0 Å². The van der Waals surface area contributed by atoms with Gasteiger partial charge in [0.25, 0.3) is 5.91 Å². The van der Waals surface area contributed by atoms with E-state index in [4.69, 9.17) is 4.74 Å². The molecule has 0 N–H and O–H groups in total. The molecule has 166 valence electrons. The summed E-state index contributed by atoms with van der Waals surface area (Å²) in [5.74, 6) is 0.829. The Balaban J connectivity index is 2.07. The van der Waals surface area contributed by atoms with Crippen molar-refractivity contribution in [3.63, 3.8) is 0 Å². The predicted molar refractivity (Wildman–Crippen MR) is 127 cm³/mol. The summed E-state index contributed by atoms with van der Waals surface area (Å²) in [5, 5.41) is 4.56. The van der Waals surface area contributed by atoms with Gasteiger partial charge in [-0.05, 0) is 73.1 Å². The van der Waals surface area contributed by atoms with E-state index in [1.54, 1.807) is 18.8 Å². The number of fused-ring (bicyclic) bond motifs is 1. The number of rotatable bonds is 7. The van der Waals surface area contributed by atoms with E-state index in [1.807, 2.05) is 31.3 Å². The first-order valence-electron chi connectivity index (χ1n) is 11.0. The Bertz CT molecular complexity index is 1030. The molecule has 31 heavy (non-hydrogen) atoms. The summed E-state index contributed by atoms with van der Waals surface area (Å²) in [5.41, 5.74) is 6.92. The number of hydrogen-bond acceptors (Lipinski definition) is 4. The fourth-order valence-electron chi connectivity index (χ4n) is 4.54. The van der Waals surface area contributed by atoms with Crippen LogP contribution in [0.4, 0.5) is 0 Å². The van der Waals surface area contributed by atoms with Gasteiger partial charge in [0.1, 0.15) is 11.5 Å². The number of carbonyl (C=O) groups excluding carboxylic acids is 1. The first-order valence-corrected chi connectivity index (χ1v) is 11.0. The molecule has 3 rings (SSSR count). The maximum atomic E-state index is 13.3. The van der Waals surface area contributed by atoms with E-state index in [-0.39, 0.29) is 11.9 Å². The van der Waals surface area contributed by atoms with Gasteiger partial charge < -0.3 is 9.64 Å². The molecule has 1 aliphatic carbocycles. The normalized spacial score (nSPS) is 14.1. The van der Waals surface area contributed by atoms with Gasteiger partial charge >= 0.3 is 0 Å². The van der Waals surface area contributed by atoms with E-state index >= 15 is 0 Å². The van der Waals surface area contributed by atoms with Crippen LogP contribution in [0.25, 0.3) is 16.8 Å². The third kappa shape index (κ3) is 4.29. The Morgan fingerprint density at radius 2 is 1.97 bits per heavy atom. The molecule has 1 aromatic heterocycles.